The van der Waals surface area contributed by atoms with Crippen molar-refractivity contribution in [2.24, 2.45) is 9.98 Å². The minimum absolute atomic E-state index is 0.0508. The molecule has 0 aliphatic rings. The van der Waals surface area contributed by atoms with Crippen LogP contribution in [0.1, 0.15) is 41.5 Å². The average molecular weight is 317 g/mol. The molecule has 4 nitrogen and oxygen atoms in total. The van der Waals surface area contributed by atoms with Crippen LogP contribution in [0.15, 0.2) is 9.98 Å². The molecular formula is C14H33N4PSi. The smallest absolute Gasteiger partial charge is 0.121 e. The summed E-state index contributed by atoms with van der Waals surface area (Å²) in [5.74, 6) is 0. The molecule has 118 valence electrons. The molecule has 0 aromatic heterocycles. The van der Waals surface area contributed by atoms with E-state index in [0.717, 1.165) is 0 Å². The van der Waals surface area contributed by atoms with E-state index in [9.17, 15) is 0 Å². The topological polar surface area (TPSA) is 48.8 Å². The molecule has 0 aliphatic carbocycles. The Morgan fingerprint density at radius 1 is 0.900 bits per heavy atom. The Balaban J connectivity index is 4.64. The molecule has 0 amide bonds. The Kier molecular flexibility index (Phi) is 7.75. The van der Waals surface area contributed by atoms with Gasteiger partial charge in [-0.25, -0.2) is 0 Å². The van der Waals surface area contributed by atoms with Crippen molar-refractivity contribution in [3.8, 4) is 0 Å². The number of nitrogens with one attached hydrogen (secondary N) is 2. The molecule has 0 spiro atoms. The molecule has 0 saturated carbocycles. The fourth-order valence-electron chi connectivity index (χ4n) is 1.03. The molecule has 6 heteroatoms. The van der Waals surface area contributed by atoms with Crippen molar-refractivity contribution in [1.82, 2.24) is 9.84 Å². The van der Waals surface area contributed by atoms with E-state index >= 15 is 0 Å². The zero-order valence-corrected chi connectivity index (χ0v) is 16.6. The summed E-state index contributed by atoms with van der Waals surface area (Å²) in [6.07, 6.45) is 3.93. The highest BCUT2D eigenvalue weighted by Gasteiger charge is 2.14. The first-order valence-electron chi connectivity index (χ1n) is 7.17. The third kappa shape index (κ3) is 14.3. The SMILES string of the molecule is CC(C)(C)N=CC(C=NC(C)(C)C)NPN[Si](C)(C)C. The number of hydrogen-bond acceptors (Lipinski definition) is 4. The lowest BCUT2D eigenvalue weighted by Gasteiger charge is -2.21. The van der Waals surface area contributed by atoms with E-state index in [1.807, 2.05) is 12.4 Å². The first-order valence-corrected chi connectivity index (χ1v) is 11.7. The minimum atomic E-state index is -1.23. The zero-order valence-electron chi connectivity index (χ0n) is 14.6. The van der Waals surface area contributed by atoms with E-state index in [1.165, 1.54) is 0 Å². The van der Waals surface area contributed by atoms with Crippen molar-refractivity contribution in [3.05, 3.63) is 0 Å². The molecule has 0 aromatic carbocycles. The monoisotopic (exact) mass is 316 g/mol. The van der Waals surface area contributed by atoms with Gasteiger partial charge in [-0.05, 0) is 41.5 Å². The third-order valence-corrected chi connectivity index (χ3v) is 5.90. The standard InChI is InChI=1S/C14H33N4PSi/c1-13(2,3)15-10-12(11-16-14(4,5)6)17-19-18-20(7,8)9/h10-12,17-19H,1-9H3. The second-order valence-electron chi connectivity index (χ2n) is 8.07. The molecule has 0 radical (unpaired) electrons. The molecule has 20 heavy (non-hydrogen) atoms. The van der Waals surface area contributed by atoms with Crippen molar-refractivity contribution < 1.29 is 0 Å². The van der Waals surface area contributed by atoms with E-state index in [0.29, 0.717) is 8.88 Å². The lowest BCUT2D eigenvalue weighted by Crippen LogP contribution is -2.39. The normalized spacial score (nSPS) is 16.9. The second kappa shape index (κ2) is 7.78. The summed E-state index contributed by atoms with van der Waals surface area (Å²) < 4.78 is 3.58. The number of rotatable bonds is 6. The molecule has 0 aliphatic heterocycles. The lowest BCUT2D eigenvalue weighted by atomic mass is 10.1. The van der Waals surface area contributed by atoms with E-state index < -0.39 is 8.24 Å². The highest BCUT2D eigenvalue weighted by atomic mass is 31.1. The molecule has 0 fully saturated rings. The van der Waals surface area contributed by atoms with E-state index in [4.69, 9.17) is 0 Å². The number of nitrogens with zero attached hydrogens (tertiary/aromatic N) is 2. The van der Waals surface area contributed by atoms with Gasteiger partial charge in [-0.1, -0.05) is 19.6 Å². The highest BCUT2D eigenvalue weighted by Crippen LogP contribution is 2.10. The summed E-state index contributed by atoms with van der Waals surface area (Å²) in [4.78, 5) is 9.16. The molecule has 0 aromatic rings. The summed E-state index contributed by atoms with van der Waals surface area (Å²) in [7, 11) is -0.703. The Hall–Kier alpha value is -0.0931. The summed E-state index contributed by atoms with van der Waals surface area (Å²) >= 11 is 0. The van der Waals surface area contributed by atoms with Gasteiger partial charge in [0.15, 0.2) is 0 Å². The van der Waals surface area contributed by atoms with Crippen molar-refractivity contribution in [2.75, 3.05) is 0 Å². The quantitative estimate of drug-likeness (QED) is 0.447. The molecule has 0 rings (SSSR count). The van der Waals surface area contributed by atoms with Crippen LogP contribution >= 0.6 is 8.88 Å². The molecule has 2 N–H and O–H groups in total. The Morgan fingerprint density at radius 3 is 1.60 bits per heavy atom. The number of hydrogen-bond donors (Lipinski definition) is 2. The van der Waals surface area contributed by atoms with E-state index in [1.54, 1.807) is 0 Å². The first kappa shape index (κ1) is 19.9. The predicted molar refractivity (Wildman–Crippen MR) is 98.2 cm³/mol. The summed E-state index contributed by atoms with van der Waals surface area (Å²) in [6, 6.07) is 0.0793. The van der Waals surface area contributed by atoms with Gasteiger partial charge in [0.05, 0.1) is 17.1 Å². The zero-order chi connectivity index (χ0) is 16.0. The summed E-state index contributed by atoms with van der Waals surface area (Å²) in [6.45, 7) is 19.5. The fourth-order valence-corrected chi connectivity index (χ4v) is 3.13. The van der Waals surface area contributed by atoms with Crippen LogP contribution < -0.4 is 9.84 Å². The summed E-state index contributed by atoms with van der Waals surface area (Å²) in [5, 5.41) is 3.47. The summed E-state index contributed by atoms with van der Waals surface area (Å²) in [5.41, 5.74) is -0.102. The molecule has 1 atom stereocenters. The van der Waals surface area contributed by atoms with E-state index in [-0.39, 0.29) is 17.1 Å². The highest BCUT2D eigenvalue weighted by molar-refractivity contribution is 7.37. The minimum Gasteiger partial charge on any atom is -0.307 e. The van der Waals surface area contributed by atoms with Gasteiger partial charge in [-0.3, -0.25) is 15.1 Å². The van der Waals surface area contributed by atoms with Gasteiger partial charge in [0.2, 0.25) is 0 Å². The molecular weight excluding hydrogens is 283 g/mol. The van der Waals surface area contributed by atoms with Gasteiger partial charge in [0, 0.05) is 21.3 Å². The van der Waals surface area contributed by atoms with Crippen LogP contribution in [-0.4, -0.2) is 37.8 Å². The molecule has 0 bridgehead atoms. The lowest BCUT2D eigenvalue weighted by molar-refractivity contribution is 0.581. The van der Waals surface area contributed by atoms with Gasteiger partial charge < -0.3 is 4.75 Å². The van der Waals surface area contributed by atoms with Crippen LogP contribution in [0.25, 0.3) is 0 Å². The van der Waals surface area contributed by atoms with Crippen LogP contribution in [0.4, 0.5) is 0 Å². The van der Waals surface area contributed by atoms with E-state index in [2.05, 4.69) is 81.0 Å². The van der Waals surface area contributed by atoms with Gasteiger partial charge >= 0.3 is 0 Å². The van der Waals surface area contributed by atoms with Gasteiger partial charge in [0.1, 0.15) is 8.24 Å². The van der Waals surface area contributed by atoms with Gasteiger partial charge in [-0.15, -0.1) is 0 Å². The second-order valence-corrected chi connectivity index (χ2v) is 14.1. The predicted octanol–water partition coefficient (Wildman–Crippen LogP) is 3.62. The maximum absolute atomic E-state index is 4.58. The van der Waals surface area contributed by atoms with Gasteiger partial charge in [-0.2, -0.15) is 0 Å². The van der Waals surface area contributed by atoms with Crippen LogP contribution in [-0.2, 0) is 0 Å². The molecule has 1 unspecified atom stereocenters. The largest absolute Gasteiger partial charge is 0.307 e. The average Bonchev–Trinajstić information content (AvgIpc) is 2.16. The maximum Gasteiger partial charge on any atom is 0.121 e. The molecule has 0 saturated heterocycles. The Bertz CT molecular complexity index is 311. The van der Waals surface area contributed by atoms with Crippen molar-refractivity contribution in [3.63, 3.8) is 0 Å². The first-order chi connectivity index (χ1) is 8.79. The fraction of sp³-hybridized carbons (Fsp3) is 0.857. The van der Waals surface area contributed by atoms with Crippen LogP contribution in [0.3, 0.4) is 0 Å². The maximum atomic E-state index is 4.58. The van der Waals surface area contributed by atoms with Crippen molar-refractivity contribution >= 4 is 29.5 Å². The van der Waals surface area contributed by atoms with Gasteiger partial charge in [0.25, 0.3) is 0 Å². The van der Waals surface area contributed by atoms with Crippen molar-refractivity contribution in [2.45, 2.75) is 78.3 Å². The Morgan fingerprint density at radius 2 is 1.30 bits per heavy atom. The number of aliphatic imine (C=N–C) groups is 2. The van der Waals surface area contributed by atoms with Crippen LogP contribution in [0.5, 0.6) is 0 Å². The van der Waals surface area contributed by atoms with Crippen LogP contribution in [0.2, 0.25) is 19.6 Å². The van der Waals surface area contributed by atoms with Crippen molar-refractivity contribution in [1.29, 1.82) is 0 Å². The Labute approximate surface area is 128 Å². The third-order valence-electron chi connectivity index (χ3n) is 1.92. The molecule has 0 heterocycles. The van der Waals surface area contributed by atoms with Crippen LogP contribution in [0, 0.1) is 0 Å².